The van der Waals surface area contributed by atoms with Crippen molar-refractivity contribution in [1.82, 2.24) is 10.2 Å². The third kappa shape index (κ3) is 5.20. The Morgan fingerprint density at radius 2 is 1.69 bits per heavy atom. The van der Waals surface area contributed by atoms with Gasteiger partial charge in [-0.1, -0.05) is 60.5 Å². The number of hydrogen-bond donors (Lipinski definition) is 1. The lowest BCUT2D eigenvalue weighted by Gasteiger charge is -2.29. The summed E-state index contributed by atoms with van der Waals surface area (Å²) in [7, 11) is 0. The van der Waals surface area contributed by atoms with Crippen LogP contribution in [-0.2, 0) is 16.1 Å². The zero-order valence-corrected chi connectivity index (χ0v) is 21.9. The van der Waals surface area contributed by atoms with Crippen molar-refractivity contribution in [3.8, 4) is 0 Å². The number of carbonyl (C=O) groups excluding carboxylic acids is 3. The van der Waals surface area contributed by atoms with E-state index in [0.717, 1.165) is 22.9 Å². The third-order valence-electron chi connectivity index (χ3n) is 6.53. The van der Waals surface area contributed by atoms with Gasteiger partial charge in [0.2, 0.25) is 11.8 Å². The number of nitrogens with one attached hydrogen (secondary N) is 1. The number of benzene rings is 3. The highest BCUT2D eigenvalue weighted by atomic mass is 35.5. The van der Waals surface area contributed by atoms with Crippen LogP contribution in [0.3, 0.4) is 0 Å². The lowest BCUT2D eigenvalue weighted by Crippen LogP contribution is -2.48. The molecule has 1 N–H and O–H groups in total. The molecule has 1 aliphatic heterocycles. The van der Waals surface area contributed by atoms with Crippen molar-refractivity contribution in [2.75, 3.05) is 18.0 Å². The van der Waals surface area contributed by atoms with Crippen LogP contribution in [0.25, 0.3) is 10.8 Å². The summed E-state index contributed by atoms with van der Waals surface area (Å²) in [6.45, 7) is 4.72. The van der Waals surface area contributed by atoms with Crippen molar-refractivity contribution in [2.24, 2.45) is 0 Å². The number of carbonyl (C=O) groups is 3. The van der Waals surface area contributed by atoms with Gasteiger partial charge in [0.15, 0.2) is 0 Å². The normalized spacial score (nSPS) is 13.2. The van der Waals surface area contributed by atoms with E-state index in [1.54, 1.807) is 30.0 Å². The first kappa shape index (κ1) is 26.0. The zero-order valence-electron chi connectivity index (χ0n) is 20.4. The highest BCUT2D eigenvalue weighted by Crippen LogP contribution is 2.37. The van der Waals surface area contributed by atoms with Crippen molar-refractivity contribution in [3.63, 3.8) is 0 Å². The molecule has 0 saturated heterocycles. The smallest absolute Gasteiger partial charge is 0.258 e. The van der Waals surface area contributed by atoms with Crippen LogP contribution in [0.1, 0.15) is 49.0 Å². The summed E-state index contributed by atoms with van der Waals surface area (Å²) in [5.41, 5.74) is 2.15. The van der Waals surface area contributed by atoms with Crippen molar-refractivity contribution in [1.29, 1.82) is 0 Å². The van der Waals surface area contributed by atoms with Gasteiger partial charge in [-0.3, -0.25) is 14.4 Å². The second-order valence-electron chi connectivity index (χ2n) is 8.93. The molecule has 1 aliphatic rings. The summed E-state index contributed by atoms with van der Waals surface area (Å²) in [6, 6.07) is 16.0. The van der Waals surface area contributed by atoms with E-state index in [-0.39, 0.29) is 30.7 Å². The van der Waals surface area contributed by atoms with Crippen molar-refractivity contribution in [3.05, 3.63) is 75.8 Å². The molecule has 0 fully saturated rings. The Bertz CT molecular complexity index is 1280. The maximum Gasteiger partial charge on any atom is 0.258 e. The molecule has 0 radical (unpaired) electrons. The van der Waals surface area contributed by atoms with Crippen molar-refractivity contribution >= 4 is 57.4 Å². The molecule has 0 spiro atoms. The number of amides is 3. The van der Waals surface area contributed by atoms with E-state index < -0.39 is 6.04 Å². The van der Waals surface area contributed by atoms with Gasteiger partial charge < -0.3 is 15.1 Å². The molecule has 36 heavy (non-hydrogen) atoms. The Morgan fingerprint density at radius 3 is 2.39 bits per heavy atom. The standard InChI is InChI=1S/C28H29Cl2N3O3/c1-3-15-31-27(35)18(2)33(17-21-22(29)11-6-12-23(21)30)25(34)14-7-16-32-24-13-5-9-19-8-4-10-20(26(19)24)28(32)36/h4-6,8-13,18H,3,7,14-17H2,1-2H3,(H,31,35)/t18-/m0/s1. The van der Waals surface area contributed by atoms with E-state index in [4.69, 9.17) is 23.2 Å². The van der Waals surface area contributed by atoms with Gasteiger partial charge in [-0.2, -0.15) is 0 Å². The van der Waals surface area contributed by atoms with E-state index >= 15 is 0 Å². The Morgan fingerprint density at radius 1 is 1.03 bits per heavy atom. The average molecular weight is 526 g/mol. The molecule has 3 amide bonds. The number of anilines is 1. The van der Waals surface area contributed by atoms with Gasteiger partial charge in [0.25, 0.3) is 5.91 Å². The third-order valence-corrected chi connectivity index (χ3v) is 7.24. The summed E-state index contributed by atoms with van der Waals surface area (Å²) in [5.74, 6) is -0.487. The molecule has 188 valence electrons. The van der Waals surface area contributed by atoms with Crippen LogP contribution >= 0.6 is 23.2 Å². The van der Waals surface area contributed by atoms with Gasteiger partial charge in [-0.25, -0.2) is 0 Å². The summed E-state index contributed by atoms with van der Waals surface area (Å²) >= 11 is 12.7. The Hall–Kier alpha value is -3.09. The lowest BCUT2D eigenvalue weighted by molar-refractivity contribution is -0.140. The largest absolute Gasteiger partial charge is 0.354 e. The fraction of sp³-hybridized carbons (Fsp3) is 0.321. The van der Waals surface area contributed by atoms with E-state index in [1.807, 2.05) is 43.3 Å². The second kappa shape index (κ2) is 11.3. The number of rotatable bonds is 10. The monoisotopic (exact) mass is 525 g/mol. The molecule has 0 unspecified atom stereocenters. The van der Waals surface area contributed by atoms with Crippen LogP contribution in [0.15, 0.2) is 54.6 Å². The molecule has 4 rings (SSSR count). The summed E-state index contributed by atoms with van der Waals surface area (Å²) in [5, 5.41) is 5.71. The molecule has 0 saturated carbocycles. The summed E-state index contributed by atoms with van der Waals surface area (Å²) < 4.78 is 0. The molecule has 3 aromatic carbocycles. The first-order valence-electron chi connectivity index (χ1n) is 12.2. The lowest BCUT2D eigenvalue weighted by atomic mass is 10.1. The highest BCUT2D eigenvalue weighted by Gasteiger charge is 2.30. The van der Waals surface area contributed by atoms with Gasteiger partial charge in [-0.15, -0.1) is 0 Å². The fourth-order valence-electron chi connectivity index (χ4n) is 4.57. The molecule has 3 aromatic rings. The minimum atomic E-state index is -0.706. The topological polar surface area (TPSA) is 69.7 Å². The maximum atomic E-state index is 13.4. The minimum absolute atomic E-state index is 0.0544. The Labute approximate surface area is 221 Å². The van der Waals surface area contributed by atoms with Gasteiger partial charge >= 0.3 is 0 Å². The van der Waals surface area contributed by atoms with Crippen LogP contribution < -0.4 is 10.2 Å². The van der Waals surface area contributed by atoms with Crippen LogP contribution in [-0.4, -0.2) is 41.8 Å². The average Bonchev–Trinajstić information content (AvgIpc) is 3.14. The van der Waals surface area contributed by atoms with E-state index in [1.165, 1.54) is 4.90 Å². The number of hydrogen-bond acceptors (Lipinski definition) is 3. The predicted molar refractivity (Wildman–Crippen MR) is 145 cm³/mol. The molecule has 0 aliphatic carbocycles. The SMILES string of the molecule is CCCNC(=O)[C@H](C)N(Cc1c(Cl)cccc1Cl)C(=O)CCCN1C(=O)c2cccc3cccc1c23. The number of halogens is 2. The Balaban J connectivity index is 1.48. The zero-order chi connectivity index (χ0) is 25.8. The molecular weight excluding hydrogens is 497 g/mol. The highest BCUT2D eigenvalue weighted by molar-refractivity contribution is 6.36. The van der Waals surface area contributed by atoms with Crippen LogP contribution in [0.4, 0.5) is 5.69 Å². The molecule has 1 atom stereocenters. The van der Waals surface area contributed by atoms with Gasteiger partial charge in [-0.05, 0) is 49.4 Å². The molecule has 0 aromatic heterocycles. The predicted octanol–water partition coefficient (Wildman–Crippen LogP) is 5.83. The first-order chi connectivity index (χ1) is 17.3. The first-order valence-corrected chi connectivity index (χ1v) is 12.9. The Kier molecular flexibility index (Phi) is 8.17. The van der Waals surface area contributed by atoms with Crippen LogP contribution in [0.2, 0.25) is 10.0 Å². The molecular formula is C28H29Cl2N3O3. The van der Waals surface area contributed by atoms with Gasteiger partial charge in [0.05, 0.1) is 5.69 Å². The maximum absolute atomic E-state index is 13.4. The van der Waals surface area contributed by atoms with E-state index in [9.17, 15) is 14.4 Å². The van der Waals surface area contributed by atoms with Gasteiger partial charge in [0, 0.05) is 52.6 Å². The van der Waals surface area contributed by atoms with Crippen LogP contribution in [0, 0.1) is 0 Å². The van der Waals surface area contributed by atoms with E-state index in [0.29, 0.717) is 40.7 Å². The van der Waals surface area contributed by atoms with Crippen molar-refractivity contribution < 1.29 is 14.4 Å². The van der Waals surface area contributed by atoms with E-state index in [2.05, 4.69) is 5.32 Å². The molecule has 6 nitrogen and oxygen atoms in total. The fourth-order valence-corrected chi connectivity index (χ4v) is 5.08. The van der Waals surface area contributed by atoms with Crippen LogP contribution in [0.5, 0.6) is 0 Å². The quantitative estimate of drug-likeness (QED) is 0.362. The molecule has 1 heterocycles. The second-order valence-corrected chi connectivity index (χ2v) is 9.74. The van der Waals surface area contributed by atoms with Gasteiger partial charge in [0.1, 0.15) is 6.04 Å². The summed E-state index contributed by atoms with van der Waals surface area (Å²) in [4.78, 5) is 42.4. The molecule has 8 heteroatoms. The summed E-state index contributed by atoms with van der Waals surface area (Å²) in [6.07, 6.45) is 1.41. The minimum Gasteiger partial charge on any atom is -0.354 e. The number of nitrogens with zero attached hydrogens (tertiary/aromatic N) is 2. The molecule has 0 bridgehead atoms. The van der Waals surface area contributed by atoms with Crippen molar-refractivity contribution in [2.45, 2.75) is 45.7 Å².